The summed E-state index contributed by atoms with van der Waals surface area (Å²) in [5.41, 5.74) is -1.39. The lowest BCUT2D eigenvalue weighted by molar-refractivity contribution is -0.141. The van der Waals surface area contributed by atoms with Crippen LogP contribution in [0.15, 0.2) is 36.8 Å². The highest BCUT2D eigenvalue weighted by Crippen LogP contribution is 2.31. The lowest BCUT2D eigenvalue weighted by Crippen LogP contribution is -2.12. The van der Waals surface area contributed by atoms with Gasteiger partial charge in [-0.05, 0) is 46.9 Å². The molecule has 0 bridgehead atoms. The minimum absolute atomic E-state index is 0.00198. The van der Waals surface area contributed by atoms with Gasteiger partial charge in [-0.15, -0.1) is 0 Å². The molecule has 0 atom stereocenters. The molecule has 0 radical (unpaired) electrons. The molecular weight excluding hydrogens is 446 g/mol. The van der Waals surface area contributed by atoms with Gasteiger partial charge in [0.15, 0.2) is 17.3 Å². The van der Waals surface area contributed by atoms with Gasteiger partial charge in [-0.25, -0.2) is 23.7 Å². The molecule has 0 unspecified atom stereocenters. The van der Waals surface area contributed by atoms with E-state index >= 15 is 0 Å². The highest BCUT2D eigenvalue weighted by atomic mass is 127. The Labute approximate surface area is 145 Å². The van der Waals surface area contributed by atoms with Crippen LogP contribution in [-0.2, 0) is 6.18 Å². The molecule has 0 saturated heterocycles. The molecule has 4 nitrogen and oxygen atoms in total. The fraction of sp³-hybridized carbons (Fsp3) is 0.0714. The summed E-state index contributed by atoms with van der Waals surface area (Å²) < 4.78 is 67.4. The smallest absolute Gasteiger partial charge is 0.273 e. The Bertz CT molecular complexity index is 906. The molecule has 0 aliphatic heterocycles. The van der Waals surface area contributed by atoms with E-state index in [-0.39, 0.29) is 17.2 Å². The van der Waals surface area contributed by atoms with Gasteiger partial charge < -0.3 is 0 Å². The van der Waals surface area contributed by atoms with Crippen LogP contribution in [0, 0.1) is 15.3 Å². The van der Waals surface area contributed by atoms with Gasteiger partial charge in [0.1, 0.15) is 10.0 Å². The number of rotatable bonds is 2. The van der Waals surface area contributed by atoms with Crippen molar-refractivity contribution in [3.05, 3.63) is 57.8 Å². The van der Waals surface area contributed by atoms with Gasteiger partial charge in [0.05, 0.1) is 5.69 Å². The largest absolute Gasteiger partial charge is 0.433 e. The van der Waals surface area contributed by atoms with Crippen LogP contribution < -0.4 is 0 Å². The van der Waals surface area contributed by atoms with Crippen molar-refractivity contribution >= 4 is 22.6 Å². The maximum absolute atomic E-state index is 13.4. The van der Waals surface area contributed by atoms with Crippen LogP contribution in [0.5, 0.6) is 0 Å². The van der Waals surface area contributed by atoms with Gasteiger partial charge in [0, 0.05) is 11.8 Å². The van der Waals surface area contributed by atoms with Crippen LogP contribution in [0.3, 0.4) is 0 Å². The van der Waals surface area contributed by atoms with E-state index in [0.29, 0.717) is 9.77 Å². The predicted octanol–water partition coefficient (Wildman–Crippen LogP) is 4.23. The Balaban J connectivity index is 2.19. The summed E-state index contributed by atoms with van der Waals surface area (Å²) in [7, 11) is 0. The monoisotopic (exact) mass is 452 g/mol. The molecule has 0 saturated carbocycles. The molecule has 0 amide bonds. The summed E-state index contributed by atoms with van der Waals surface area (Å²) in [6.45, 7) is 0. The molecule has 0 aliphatic carbocycles. The first-order valence-electron chi connectivity index (χ1n) is 6.35. The fourth-order valence-electron chi connectivity index (χ4n) is 1.91. The third-order valence-electron chi connectivity index (χ3n) is 3.00. The van der Waals surface area contributed by atoms with Gasteiger partial charge in [0.25, 0.3) is 0 Å². The zero-order valence-corrected chi connectivity index (χ0v) is 13.7. The van der Waals surface area contributed by atoms with Crippen LogP contribution in [0.1, 0.15) is 5.69 Å². The molecule has 1 aromatic carbocycles. The first-order chi connectivity index (χ1) is 11.2. The van der Waals surface area contributed by atoms with Gasteiger partial charge in [-0.1, -0.05) is 0 Å². The average Bonchev–Trinajstić information content (AvgIpc) is 2.95. The summed E-state index contributed by atoms with van der Waals surface area (Å²) in [6.07, 6.45) is -2.03. The lowest BCUT2D eigenvalue weighted by Gasteiger charge is -2.11. The first kappa shape index (κ1) is 16.7. The average molecular weight is 452 g/mol. The number of aromatic nitrogens is 4. The van der Waals surface area contributed by atoms with E-state index in [1.807, 2.05) is 22.6 Å². The molecule has 0 fully saturated rings. The molecule has 0 spiro atoms. The van der Waals surface area contributed by atoms with Crippen molar-refractivity contribution in [3.63, 3.8) is 0 Å². The maximum atomic E-state index is 13.4. The van der Waals surface area contributed by atoms with Crippen molar-refractivity contribution in [2.75, 3.05) is 0 Å². The number of nitrogens with zero attached hydrogens (tertiary/aromatic N) is 4. The second-order valence-electron chi connectivity index (χ2n) is 4.67. The van der Waals surface area contributed by atoms with Crippen LogP contribution >= 0.6 is 22.6 Å². The Hall–Kier alpha value is -2.11. The molecule has 0 aliphatic rings. The fourth-order valence-corrected chi connectivity index (χ4v) is 2.33. The summed E-state index contributed by atoms with van der Waals surface area (Å²) in [6, 6.07) is 3.42. The molecule has 2 aromatic heterocycles. The first-order valence-corrected chi connectivity index (χ1v) is 7.43. The van der Waals surface area contributed by atoms with Gasteiger partial charge in [-0.3, -0.25) is 4.57 Å². The zero-order valence-electron chi connectivity index (χ0n) is 11.5. The minimum atomic E-state index is -4.72. The van der Waals surface area contributed by atoms with Crippen molar-refractivity contribution in [1.29, 1.82) is 0 Å². The van der Waals surface area contributed by atoms with Gasteiger partial charge >= 0.3 is 6.18 Å². The summed E-state index contributed by atoms with van der Waals surface area (Å²) in [5, 5.41) is 0. The minimum Gasteiger partial charge on any atom is -0.273 e. The topological polar surface area (TPSA) is 43.6 Å². The Morgan fingerprint density at radius 1 is 1.00 bits per heavy atom. The number of hydrogen-bond acceptors (Lipinski definition) is 3. The van der Waals surface area contributed by atoms with Crippen LogP contribution in [-0.4, -0.2) is 19.5 Å². The van der Waals surface area contributed by atoms with Gasteiger partial charge in [0.2, 0.25) is 5.95 Å². The number of benzene rings is 1. The van der Waals surface area contributed by atoms with Crippen LogP contribution in [0.25, 0.3) is 17.2 Å². The molecule has 3 aromatic rings. The molecule has 10 heteroatoms. The Morgan fingerprint density at radius 3 is 2.33 bits per heavy atom. The Kier molecular flexibility index (Phi) is 4.24. The molecule has 0 N–H and O–H groups in total. The van der Waals surface area contributed by atoms with Crippen LogP contribution in [0.2, 0.25) is 0 Å². The van der Waals surface area contributed by atoms with E-state index < -0.39 is 23.5 Å². The van der Waals surface area contributed by atoms with E-state index in [9.17, 15) is 22.0 Å². The number of alkyl halides is 3. The molecule has 3 rings (SSSR count). The molecule has 2 heterocycles. The lowest BCUT2D eigenvalue weighted by atomic mass is 10.1. The van der Waals surface area contributed by atoms with E-state index in [0.717, 1.165) is 18.2 Å². The third-order valence-corrected chi connectivity index (χ3v) is 3.56. The van der Waals surface area contributed by atoms with Crippen molar-refractivity contribution in [2.45, 2.75) is 6.18 Å². The zero-order chi connectivity index (χ0) is 17.5. The van der Waals surface area contributed by atoms with Crippen molar-refractivity contribution in [3.8, 4) is 17.2 Å². The molecule has 124 valence electrons. The van der Waals surface area contributed by atoms with Crippen molar-refractivity contribution in [1.82, 2.24) is 19.5 Å². The van der Waals surface area contributed by atoms with E-state index in [1.165, 1.54) is 17.1 Å². The maximum Gasteiger partial charge on any atom is 0.433 e. The second kappa shape index (κ2) is 6.07. The number of hydrogen-bond donors (Lipinski definition) is 0. The summed E-state index contributed by atoms with van der Waals surface area (Å²) >= 11 is 1.88. The summed E-state index contributed by atoms with van der Waals surface area (Å²) in [5.74, 6) is -2.56. The number of imidazole rings is 1. The van der Waals surface area contributed by atoms with Crippen molar-refractivity contribution < 1.29 is 22.0 Å². The van der Waals surface area contributed by atoms with E-state index in [4.69, 9.17) is 0 Å². The normalized spacial score (nSPS) is 11.8. The number of halogens is 6. The highest BCUT2D eigenvalue weighted by molar-refractivity contribution is 14.1. The summed E-state index contributed by atoms with van der Waals surface area (Å²) in [4.78, 5) is 11.4. The second-order valence-corrected chi connectivity index (χ2v) is 5.77. The Morgan fingerprint density at radius 2 is 1.75 bits per heavy atom. The van der Waals surface area contributed by atoms with Crippen molar-refractivity contribution in [2.24, 2.45) is 0 Å². The SMILES string of the molecule is Fc1ccc(-c2cc(C(F)(F)F)nc(-n3cnc(I)c3)n2)cc1F. The predicted molar refractivity (Wildman–Crippen MR) is 82.2 cm³/mol. The van der Waals surface area contributed by atoms with E-state index in [1.54, 1.807) is 0 Å². The third kappa shape index (κ3) is 3.37. The van der Waals surface area contributed by atoms with Gasteiger partial charge in [-0.2, -0.15) is 13.2 Å². The molecular formula is C14H6F5IN4. The van der Waals surface area contributed by atoms with Crippen LogP contribution in [0.4, 0.5) is 22.0 Å². The quantitative estimate of drug-likeness (QED) is 0.432. The molecule has 24 heavy (non-hydrogen) atoms. The standard InChI is InChI=1S/C14H6F5IN4/c15-8-2-1-7(3-9(8)16)10-4-11(14(17,18)19)23-13(22-10)24-5-12(20)21-6-24/h1-6H. The van der Waals surface area contributed by atoms with E-state index in [2.05, 4.69) is 15.0 Å². The highest BCUT2D eigenvalue weighted by Gasteiger charge is 2.34.